The third-order valence-electron chi connectivity index (χ3n) is 5.33. The summed E-state index contributed by atoms with van der Waals surface area (Å²) in [5.74, 6) is 3.14. The zero-order valence-corrected chi connectivity index (χ0v) is 11.7. The van der Waals surface area contributed by atoms with Gasteiger partial charge < -0.3 is 0 Å². The van der Waals surface area contributed by atoms with Gasteiger partial charge in [0.25, 0.3) is 0 Å². The Bertz CT molecular complexity index is 375. The fourth-order valence-corrected chi connectivity index (χ4v) is 3.81. The van der Waals surface area contributed by atoms with E-state index in [1.807, 2.05) is 0 Å². The van der Waals surface area contributed by atoms with Crippen LogP contribution < -0.4 is 0 Å². The maximum absolute atomic E-state index is 13.3. The summed E-state index contributed by atoms with van der Waals surface area (Å²) in [6.07, 6.45) is 10.8. The van der Waals surface area contributed by atoms with E-state index in [2.05, 4.69) is 26.0 Å². The largest absolute Gasteiger partial charge is 0.247 e. The summed E-state index contributed by atoms with van der Waals surface area (Å²) in [4.78, 5) is 0. The van der Waals surface area contributed by atoms with Gasteiger partial charge in [-0.2, -0.15) is 0 Å². The fraction of sp³-hybridized carbons (Fsp3) is 0.765. The minimum Gasteiger partial charge on any atom is -0.247 e. The summed E-state index contributed by atoms with van der Waals surface area (Å²) in [6, 6.07) is 0. The standard InChI is InChI=1S/C17H25F/c1-11-9-16(13-3-4-13)17(10-12(11)2)14-5-7-15(18)8-6-14/h5,9,12-13,15-17H,3-4,6-8,10H2,1-2H3/t12-,15?,16+,17?/m0/s1. The molecule has 0 aromatic rings. The van der Waals surface area contributed by atoms with Gasteiger partial charge in [0.05, 0.1) is 0 Å². The molecule has 0 nitrogen and oxygen atoms in total. The van der Waals surface area contributed by atoms with Crippen molar-refractivity contribution in [3.63, 3.8) is 0 Å². The van der Waals surface area contributed by atoms with Crippen molar-refractivity contribution in [1.29, 1.82) is 0 Å². The Labute approximate surface area is 110 Å². The van der Waals surface area contributed by atoms with Crippen LogP contribution >= 0.6 is 0 Å². The predicted molar refractivity (Wildman–Crippen MR) is 74.1 cm³/mol. The zero-order chi connectivity index (χ0) is 12.7. The molecule has 3 rings (SSSR count). The second-order valence-electron chi connectivity index (χ2n) is 6.72. The first kappa shape index (κ1) is 12.4. The highest BCUT2D eigenvalue weighted by molar-refractivity contribution is 5.22. The van der Waals surface area contributed by atoms with Crippen molar-refractivity contribution in [2.24, 2.45) is 23.7 Å². The molecular formula is C17H25F. The van der Waals surface area contributed by atoms with E-state index in [4.69, 9.17) is 0 Å². The number of rotatable bonds is 2. The van der Waals surface area contributed by atoms with Gasteiger partial charge in [-0.25, -0.2) is 4.39 Å². The van der Waals surface area contributed by atoms with E-state index in [1.54, 1.807) is 11.1 Å². The number of halogens is 1. The summed E-state index contributed by atoms with van der Waals surface area (Å²) < 4.78 is 13.3. The molecule has 0 N–H and O–H groups in total. The number of allylic oxidation sites excluding steroid dienone is 4. The fourth-order valence-electron chi connectivity index (χ4n) is 3.81. The van der Waals surface area contributed by atoms with E-state index >= 15 is 0 Å². The van der Waals surface area contributed by atoms with Crippen LogP contribution in [-0.2, 0) is 0 Å². The molecule has 3 aliphatic carbocycles. The number of hydrogen-bond donors (Lipinski definition) is 0. The van der Waals surface area contributed by atoms with Gasteiger partial charge in [0.15, 0.2) is 0 Å². The third kappa shape index (κ3) is 2.41. The van der Waals surface area contributed by atoms with E-state index in [9.17, 15) is 4.39 Å². The smallest absolute Gasteiger partial charge is 0.104 e. The molecule has 3 aliphatic rings. The molecule has 0 heterocycles. The normalized spacial score (nSPS) is 41.3. The molecule has 4 atom stereocenters. The molecule has 0 radical (unpaired) electrons. The Hall–Kier alpha value is -0.590. The van der Waals surface area contributed by atoms with Crippen LogP contribution in [0.5, 0.6) is 0 Å². The Morgan fingerprint density at radius 2 is 2.00 bits per heavy atom. The monoisotopic (exact) mass is 248 g/mol. The summed E-state index contributed by atoms with van der Waals surface area (Å²) >= 11 is 0. The van der Waals surface area contributed by atoms with E-state index in [0.717, 1.165) is 30.6 Å². The highest BCUT2D eigenvalue weighted by Crippen LogP contribution is 2.50. The first-order valence-corrected chi connectivity index (χ1v) is 7.66. The van der Waals surface area contributed by atoms with Crippen molar-refractivity contribution in [1.82, 2.24) is 0 Å². The van der Waals surface area contributed by atoms with Crippen molar-refractivity contribution in [3.8, 4) is 0 Å². The molecule has 1 fully saturated rings. The van der Waals surface area contributed by atoms with Gasteiger partial charge in [0.1, 0.15) is 6.17 Å². The summed E-state index contributed by atoms with van der Waals surface area (Å²) in [5, 5.41) is 0. The Balaban J connectivity index is 1.81. The Morgan fingerprint density at radius 1 is 1.22 bits per heavy atom. The Kier molecular flexibility index (Phi) is 3.34. The average molecular weight is 248 g/mol. The summed E-state index contributed by atoms with van der Waals surface area (Å²) in [7, 11) is 0. The molecule has 0 bridgehead atoms. The summed E-state index contributed by atoms with van der Waals surface area (Å²) in [6.45, 7) is 4.65. The lowest BCUT2D eigenvalue weighted by Crippen LogP contribution is -2.26. The highest BCUT2D eigenvalue weighted by atomic mass is 19.1. The van der Waals surface area contributed by atoms with Gasteiger partial charge in [0.2, 0.25) is 0 Å². The first-order chi connectivity index (χ1) is 8.65. The van der Waals surface area contributed by atoms with E-state index in [-0.39, 0.29) is 0 Å². The molecule has 0 amide bonds. The van der Waals surface area contributed by atoms with E-state index in [0.29, 0.717) is 12.3 Å². The Morgan fingerprint density at radius 3 is 2.61 bits per heavy atom. The van der Waals surface area contributed by atoms with E-state index < -0.39 is 6.17 Å². The minimum atomic E-state index is -0.577. The number of alkyl halides is 1. The molecule has 0 aliphatic heterocycles. The van der Waals surface area contributed by atoms with Gasteiger partial charge in [-0.05, 0) is 69.1 Å². The van der Waals surface area contributed by atoms with Crippen LogP contribution in [0.4, 0.5) is 4.39 Å². The quantitative estimate of drug-likeness (QED) is 0.599. The van der Waals surface area contributed by atoms with Crippen molar-refractivity contribution >= 4 is 0 Å². The molecule has 100 valence electrons. The molecule has 0 spiro atoms. The van der Waals surface area contributed by atoms with Gasteiger partial charge in [-0.3, -0.25) is 0 Å². The van der Waals surface area contributed by atoms with Crippen molar-refractivity contribution in [3.05, 3.63) is 23.3 Å². The second-order valence-corrected chi connectivity index (χ2v) is 6.72. The van der Waals surface area contributed by atoms with Gasteiger partial charge in [-0.15, -0.1) is 0 Å². The molecule has 2 unspecified atom stereocenters. The molecule has 18 heavy (non-hydrogen) atoms. The van der Waals surface area contributed by atoms with Gasteiger partial charge >= 0.3 is 0 Å². The van der Waals surface area contributed by atoms with Crippen LogP contribution in [0.15, 0.2) is 23.3 Å². The van der Waals surface area contributed by atoms with Crippen LogP contribution in [0.1, 0.15) is 52.4 Å². The van der Waals surface area contributed by atoms with Crippen molar-refractivity contribution in [2.45, 2.75) is 58.5 Å². The third-order valence-corrected chi connectivity index (χ3v) is 5.33. The van der Waals surface area contributed by atoms with E-state index in [1.165, 1.54) is 19.3 Å². The van der Waals surface area contributed by atoms with Gasteiger partial charge in [0, 0.05) is 0 Å². The molecule has 0 aromatic carbocycles. The topological polar surface area (TPSA) is 0 Å². The predicted octanol–water partition coefficient (Wildman–Crippen LogP) is 5.06. The van der Waals surface area contributed by atoms with Crippen LogP contribution in [-0.4, -0.2) is 6.17 Å². The van der Waals surface area contributed by atoms with Crippen LogP contribution in [0.3, 0.4) is 0 Å². The number of hydrogen-bond acceptors (Lipinski definition) is 0. The molecule has 0 aromatic heterocycles. The molecule has 1 heteroatoms. The van der Waals surface area contributed by atoms with Crippen LogP contribution in [0.25, 0.3) is 0 Å². The lowest BCUT2D eigenvalue weighted by molar-refractivity contribution is 0.273. The SMILES string of the molecule is CC1=C[C@H](C2CC2)C(C2=CCC(F)CC2)C[C@@H]1C. The van der Waals surface area contributed by atoms with Gasteiger partial charge in [-0.1, -0.05) is 30.2 Å². The minimum absolute atomic E-state index is 0.577. The van der Waals surface area contributed by atoms with Crippen LogP contribution in [0, 0.1) is 23.7 Å². The van der Waals surface area contributed by atoms with Crippen molar-refractivity contribution < 1.29 is 4.39 Å². The van der Waals surface area contributed by atoms with Crippen LogP contribution in [0.2, 0.25) is 0 Å². The molecule has 0 saturated heterocycles. The maximum atomic E-state index is 13.3. The average Bonchev–Trinajstić information content (AvgIpc) is 3.17. The van der Waals surface area contributed by atoms with Crippen molar-refractivity contribution in [2.75, 3.05) is 0 Å². The highest BCUT2D eigenvalue weighted by Gasteiger charge is 2.39. The first-order valence-electron chi connectivity index (χ1n) is 7.66. The lowest BCUT2D eigenvalue weighted by Gasteiger charge is -2.36. The zero-order valence-electron chi connectivity index (χ0n) is 11.7. The second kappa shape index (κ2) is 4.83. The molecule has 1 saturated carbocycles. The lowest BCUT2D eigenvalue weighted by atomic mass is 9.69. The maximum Gasteiger partial charge on any atom is 0.104 e. The molecular weight excluding hydrogens is 223 g/mol. The summed E-state index contributed by atoms with van der Waals surface area (Å²) in [5.41, 5.74) is 3.17.